The molecule has 12 rings (SSSR count). The minimum atomic E-state index is -3.60. The number of carbonyl (C=O) groups excluding carboxylic acids is 2. The number of nitrogens with zero attached hydrogens (tertiary/aromatic N) is 6. The third-order valence-corrected chi connectivity index (χ3v) is 22.6. The van der Waals surface area contributed by atoms with E-state index in [1.165, 1.54) is 11.1 Å². The van der Waals surface area contributed by atoms with Crippen LogP contribution in [0.25, 0.3) is 0 Å². The van der Waals surface area contributed by atoms with Gasteiger partial charge in [0.25, 0.3) is 22.0 Å². The lowest BCUT2D eigenvalue weighted by Gasteiger charge is -2.54. The Balaban J connectivity index is 0.607. The summed E-state index contributed by atoms with van der Waals surface area (Å²) in [4.78, 5) is 28.6. The largest absolute Gasteiger partial charge is 0.360 e. The fraction of sp³-hybridized carbons (Fsp3) is 0.720. The Labute approximate surface area is 406 Å². The lowest BCUT2D eigenvalue weighted by Crippen LogP contribution is -2.66. The summed E-state index contributed by atoms with van der Waals surface area (Å²) in [6.07, 6.45) is 14.4. The second kappa shape index (κ2) is 18.1. The lowest BCUT2D eigenvalue weighted by molar-refractivity contribution is -0.00407. The maximum absolute atomic E-state index is 14.5. The van der Waals surface area contributed by atoms with Gasteiger partial charge in [-0.25, -0.2) is 8.42 Å². The number of aromatic nitrogens is 2. The van der Waals surface area contributed by atoms with Crippen LogP contribution in [0.5, 0.6) is 0 Å². The summed E-state index contributed by atoms with van der Waals surface area (Å²) >= 11 is 0. The molecule has 374 valence electrons. The second-order valence-electron chi connectivity index (χ2n) is 22.6. The standard InChI is InChI=1S/C50H69N9O8S2/c1-31(68(62,63)58-38-10-11-39(58)24-36(23-38)52-48(60)44-27-46(66-54-44)33-6-7-33)35-14-18-51-43(22-35)42-5-3-2-4-32(42)15-19-56-20-16-50(17-21-56)29-57(30-50)69(64,65)59-40-12-13-41(59)26-37(25-40)53-49(61)45-28-47(67-55-45)34-8-9-34/h2-5,27-28,31,33-41,43,51H,6-26,29-30H2,1H3,(H,52,60)(H,53,61)/t31-,35?,36-,37-,38+,39-,40+,41-,43?/m0/s1. The molecule has 1 spiro atoms. The minimum absolute atomic E-state index is 0.0174. The Kier molecular flexibility index (Phi) is 12.2. The molecule has 9 aliphatic rings. The molecular weight excluding hydrogens is 919 g/mol. The van der Waals surface area contributed by atoms with Crippen molar-refractivity contribution in [1.82, 2.24) is 44.1 Å². The maximum Gasteiger partial charge on any atom is 0.282 e. The lowest BCUT2D eigenvalue weighted by atomic mass is 9.73. The monoisotopic (exact) mass is 987 g/mol. The normalized spacial score (nSPS) is 32.5. The predicted molar refractivity (Wildman–Crippen MR) is 256 cm³/mol. The highest BCUT2D eigenvalue weighted by atomic mass is 32.2. The van der Waals surface area contributed by atoms with E-state index in [4.69, 9.17) is 9.05 Å². The van der Waals surface area contributed by atoms with E-state index in [1.54, 1.807) is 20.7 Å². The van der Waals surface area contributed by atoms with E-state index in [0.717, 1.165) is 121 Å². The maximum atomic E-state index is 14.5. The molecule has 2 aromatic heterocycles. The smallest absolute Gasteiger partial charge is 0.282 e. The Morgan fingerprint density at radius 1 is 0.739 bits per heavy atom. The SMILES string of the molecule is C[C@@H](C1CCNC(c2ccccc2CCN2CCC3(CC2)CN(S(=O)(=O)N2[C@@H]4CC[C@H]2C[C@@H](NC(=O)c2cc(C5CC5)on2)C4)C3)C1)S(=O)(=O)N1[C@@H]2CC[C@H]1C[C@@H](NC(=O)c1cc(C3CC3)on1)C2. The summed E-state index contributed by atoms with van der Waals surface area (Å²) in [6, 6.07) is 11.6. The molecule has 1 aromatic carbocycles. The van der Waals surface area contributed by atoms with E-state index in [9.17, 15) is 26.4 Å². The van der Waals surface area contributed by atoms with Crippen molar-refractivity contribution in [3.63, 3.8) is 0 Å². The van der Waals surface area contributed by atoms with Crippen LogP contribution in [0.4, 0.5) is 0 Å². The third-order valence-electron chi connectivity index (χ3n) is 18.0. The van der Waals surface area contributed by atoms with Crippen molar-refractivity contribution in [2.24, 2.45) is 11.3 Å². The highest BCUT2D eigenvalue weighted by molar-refractivity contribution is 7.89. The summed E-state index contributed by atoms with van der Waals surface area (Å²) in [5.41, 5.74) is 3.18. The topological polar surface area (TPSA) is 204 Å². The van der Waals surface area contributed by atoms with Gasteiger partial charge in [0, 0.05) is 91.3 Å². The first-order valence-corrected chi connectivity index (χ1v) is 29.1. The molecule has 9 heterocycles. The molecule has 9 atom stereocenters. The summed E-state index contributed by atoms with van der Waals surface area (Å²) in [5, 5.41) is 17.5. The van der Waals surface area contributed by atoms with Crippen molar-refractivity contribution in [2.45, 2.75) is 175 Å². The highest BCUT2D eigenvalue weighted by Gasteiger charge is 2.56. The molecule has 3 N–H and O–H groups in total. The van der Waals surface area contributed by atoms with Crippen LogP contribution in [0.3, 0.4) is 0 Å². The zero-order chi connectivity index (χ0) is 47.2. The van der Waals surface area contributed by atoms with Crippen molar-refractivity contribution in [3.05, 3.63) is 70.4 Å². The zero-order valence-electron chi connectivity index (χ0n) is 39.8. The molecule has 7 aliphatic heterocycles. The van der Waals surface area contributed by atoms with Crippen molar-refractivity contribution >= 4 is 32.0 Å². The zero-order valence-corrected chi connectivity index (χ0v) is 41.5. The highest BCUT2D eigenvalue weighted by Crippen LogP contribution is 2.47. The Hall–Kier alpha value is -3.72. The van der Waals surface area contributed by atoms with Crippen LogP contribution in [0.2, 0.25) is 0 Å². The van der Waals surface area contributed by atoms with Crippen LogP contribution < -0.4 is 16.0 Å². The molecule has 17 nitrogen and oxygen atoms in total. The average Bonchev–Trinajstić information content (AvgIpc) is 4.21. The molecule has 0 radical (unpaired) electrons. The molecule has 2 aliphatic carbocycles. The number of fused-ring (bicyclic) bond motifs is 4. The average molecular weight is 988 g/mol. The van der Waals surface area contributed by atoms with Crippen LogP contribution in [-0.2, 0) is 26.7 Å². The van der Waals surface area contributed by atoms with Gasteiger partial charge in [-0.05, 0) is 153 Å². The molecule has 2 amide bonds. The number of nitrogens with one attached hydrogen (secondary N) is 3. The van der Waals surface area contributed by atoms with E-state index < -0.39 is 25.5 Å². The molecule has 9 fully saturated rings. The van der Waals surface area contributed by atoms with Crippen LogP contribution in [0, 0.1) is 11.3 Å². The number of hydrogen-bond donors (Lipinski definition) is 3. The molecular formula is C50H69N9O8S2. The number of sulfonamides is 1. The summed E-state index contributed by atoms with van der Waals surface area (Å²) in [7, 11) is -7.18. The molecule has 2 saturated carbocycles. The van der Waals surface area contributed by atoms with Gasteiger partial charge < -0.3 is 29.9 Å². The van der Waals surface area contributed by atoms with Gasteiger partial charge in [-0.15, -0.1) is 0 Å². The number of piperidine rings is 4. The van der Waals surface area contributed by atoms with Gasteiger partial charge in [-0.3, -0.25) is 9.59 Å². The number of hydrogen-bond acceptors (Lipinski definition) is 12. The van der Waals surface area contributed by atoms with Gasteiger partial charge in [-0.2, -0.15) is 21.3 Å². The molecule has 3 aromatic rings. The van der Waals surface area contributed by atoms with Gasteiger partial charge in [0.2, 0.25) is 10.0 Å². The van der Waals surface area contributed by atoms with Crippen molar-refractivity contribution < 1.29 is 35.5 Å². The van der Waals surface area contributed by atoms with Crippen molar-refractivity contribution in [3.8, 4) is 0 Å². The Bertz CT molecular complexity index is 2610. The van der Waals surface area contributed by atoms with Gasteiger partial charge in [0.15, 0.2) is 11.4 Å². The number of carbonyl (C=O) groups is 2. The summed E-state index contributed by atoms with van der Waals surface area (Å²) in [5.74, 6) is 1.85. The summed E-state index contributed by atoms with van der Waals surface area (Å²) in [6.45, 7) is 6.63. The van der Waals surface area contributed by atoms with Gasteiger partial charge in [0.05, 0.1) is 5.25 Å². The fourth-order valence-corrected chi connectivity index (χ4v) is 18.3. The Morgan fingerprint density at radius 3 is 1.83 bits per heavy atom. The van der Waals surface area contributed by atoms with Gasteiger partial charge in [0.1, 0.15) is 11.5 Å². The second-order valence-corrected chi connectivity index (χ2v) is 26.6. The van der Waals surface area contributed by atoms with E-state index in [0.29, 0.717) is 62.0 Å². The van der Waals surface area contributed by atoms with E-state index >= 15 is 0 Å². The fourth-order valence-electron chi connectivity index (χ4n) is 13.7. The van der Waals surface area contributed by atoms with Crippen LogP contribution in [0.15, 0.2) is 45.4 Å². The molecule has 7 saturated heterocycles. The van der Waals surface area contributed by atoms with Gasteiger partial charge >= 0.3 is 0 Å². The molecule has 69 heavy (non-hydrogen) atoms. The molecule has 2 unspecified atom stereocenters. The third kappa shape index (κ3) is 9.02. The van der Waals surface area contributed by atoms with E-state index in [2.05, 4.69) is 55.4 Å². The molecule has 4 bridgehead atoms. The molecule has 19 heteroatoms. The predicted octanol–water partition coefficient (Wildman–Crippen LogP) is 5.21. The van der Waals surface area contributed by atoms with Crippen molar-refractivity contribution in [1.29, 1.82) is 0 Å². The van der Waals surface area contributed by atoms with Crippen molar-refractivity contribution in [2.75, 3.05) is 39.3 Å². The summed E-state index contributed by atoms with van der Waals surface area (Å²) < 4.78 is 73.5. The number of benzene rings is 1. The van der Waals surface area contributed by atoms with Crippen LogP contribution in [-0.4, -0.2) is 138 Å². The first kappa shape index (κ1) is 46.4. The van der Waals surface area contributed by atoms with E-state index in [1.807, 2.05) is 11.2 Å². The van der Waals surface area contributed by atoms with Crippen LogP contribution >= 0.6 is 0 Å². The first-order chi connectivity index (χ1) is 33.3. The quantitative estimate of drug-likeness (QED) is 0.180. The number of rotatable bonds is 15. The Morgan fingerprint density at radius 2 is 1.28 bits per heavy atom. The minimum Gasteiger partial charge on any atom is -0.360 e. The van der Waals surface area contributed by atoms with Crippen LogP contribution in [0.1, 0.15) is 171 Å². The first-order valence-electron chi connectivity index (χ1n) is 26.2. The number of likely N-dealkylation sites (tertiary alicyclic amines) is 1. The van der Waals surface area contributed by atoms with E-state index in [-0.39, 0.29) is 65.4 Å². The van der Waals surface area contributed by atoms with Gasteiger partial charge in [-0.1, -0.05) is 34.6 Å². The number of amides is 2.